The summed E-state index contributed by atoms with van der Waals surface area (Å²) in [6.07, 6.45) is 1.82. The van der Waals surface area contributed by atoms with Gasteiger partial charge < -0.3 is 10.6 Å². The molecular weight excluding hydrogens is 291 g/mol. The predicted molar refractivity (Wildman–Crippen MR) is 79.5 cm³/mol. The Hall–Kier alpha value is -1.30. The van der Waals surface area contributed by atoms with Crippen molar-refractivity contribution in [1.82, 2.24) is 9.78 Å². The van der Waals surface area contributed by atoms with Crippen LogP contribution in [0.25, 0.3) is 0 Å². The molecule has 0 bridgehead atoms. The minimum Gasteiger partial charge on any atom is -0.331 e. The summed E-state index contributed by atoms with van der Waals surface area (Å²) in [5.74, 6) is 0.660. The average molecular weight is 301 g/mol. The Morgan fingerprint density at radius 2 is 2.06 bits per heavy atom. The Kier molecular flexibility index (Phi) is 4.06. The number of hydrogen-bond donors (Lipinski definition) is 2. The number of nitrogens with one attached hydrogen (secondary N) is 2. The van der Waals surface area contributed by atoms with E-state index in [0.29, 0.717) is 26.7 Å². The van der Waals surface area contributed by atoms with Crippen molar-refractivity contribution in [3.8, 4) is 0 Å². The number of rotatable bonds is 2. The Labute approximate surface area is 120 Å². The van der Waals surface area contributed by atoms with E-state index in [0.717, 1.165) is 0 Å². The molecule has 18 heavy (non-hydrogen) atoms. The van der Waals surface area contributed by atoms with Gasteiger partial charge in [0.05, 0.1) is 10.7 Å². The number of thiocarbonyl (C=S) groups is 1. The SMILES string of the molecule is Cn1ccc(NC(=S)Nc2cc(Cl)ccc2Cl)n1. The zero-order valence-corrected chi connectivity index (χ0v) is 11.8. The molecule has 94 valence electrons. The van der Waals surface area contributed by atoms with Gasteiger partial charge in [-0.15, -0.1) is 0 Å². The highest BCUT2D eigenvalue weighted by Gasteiger charge is 2.05. The van der Waals surface area contributed by atoms with Gasteiger partial charge in [-0.1, -0.05) is 23.2 Å². The maximum Gasteiger partial charge on any atom is 0.176 e. The van der Waals surface area contributed by atoms with Crippen LogP contribution in [-0.2, 0) is 7.05 Å². The Morgan fingerprint density at radius 3 is 2.72 bits per heavy atom. The highest BCUT2D eigenvalue weighted by molar-refractivity contribution is 7.80. The van der Waals surface area contributed by atoms with Gasteiger partial charge >= 0.3 is 0 Å². The number of anilines is 2. The monoisotopic (exact) mass is 300 g/mol. The maximum absolute atomic E-state index is 6.02. The zero-order valence-electron chi connectivity index (χ0n) is 9.45. The van der Waals surface area contributed by atoms with E-state index in [9.17, 15) is 0 Å². The van der Waals surface area contributed by atoms with Crippen molar-refractivity contribution in [2.45, 2.75) is 0 Å². The molecule has 0 saturated carbocycles. The van der Waals surface area contributed by atoms with E-state index >= 15 is 0 Å². The molecule has 0 aliphatic carbocycles. The van der Waals surface area contributed by atoms with Crippen LogP contribution in [0, 0.1) is 0 Å². The van der Waals surface area contributed by atoms with Crippen molar-refractivity contribution in [3.05, 3.63) is 40.5 Å². The predicted octanol–water partition coefficient (Wildman–Crippen LogP) is 3.54. The summed E-state index contributed by atoms with van der Waals surface area (Å²) in [5.41, 5.74) is 0.651. The second-order valence-corrected chi connectivity index (χ2v) is 4.83. The van der Waals surface area contributed by atoms with Crippen molar-refractivity contribution in [1.29, 1.82) is 0 Å². The molecule has 0 unspecified atom stereocenters. The van der Waals surface area contributed by atoms with Gasteiger partial charge in [-0.3, -0.25) is 4.68 Å². The van der Waals surface area contributed by atoms with E-state index < -0.39 is 0 Å². The molecule has 2 N–H and O–H groups in total. The van der Waals surface area contributed by atoms with Crippen LogP contribution in [0.1, 0.15) is 0 Å². The molecule has 0 aliphatic heterocycles. The molecule has 0 radical (unpaired) electrons. The fourth-order valence-electron chi connectivity index (χ4n) is 1.34. The van der Waals surface area contributed by atoms with Crippen molar-refractivity contribution < 1.29 is 0 Å². The number of hydrogen-bond acceptors (Lipinski definition) is 2. The van der Waals surface area contributed by atoms with Crippen LogP contribution >= 0.6 is 35.4 Å². The first kappa shape index (κ1) is 13.1. The molecule has 4 nitrogen and oxygen atoms in total. The number of halogens is 2. The van der Waals surface area contributed by atoms with Gasteiger partial charge in [0.25, 0.3) is 0 Å². The van der Waals surface area contributed by atoms with Gasteiger partial charge in [-0.2, -0.15) is 5.10 Å². The summed E-state index contributed by atoms with van der Waals surface area (Å²) in [6, 6.07) is 6.93. The van der Waals surface area contributed by atoms with Gasteiger partial charge in [0.1, 0.15) is 0 Å². The average Bonchev–Trinajstić information content (AvgIpc) is 2.69. The summed E-state index contributed by atoms with van der Waals surface area (Å²) in [5, 5.41) is 11.6. The van der Waals surface area contributed by atoms with Gasteiger partial charge in [0, 0.05) is 24.3 Å². The topological polar surface area (TPSA) is 41.9 Å². The van der Waals surface area contributed by atoms with E-state index in [-0.39, 0.29) is 0 Å². The Balaban J connectivity index is 2.05. The second-order valence-electron chi connectivity index (χ2n) is 3.58. The van der Waals surface area contributed by atoms with Gasteiger partial charge in [0.15, 0.2) is 10.9 Å². The number of benzene rings is 1. The lowest BCUT2D eigenvalue weighted by molar-refractivity contribution is 0.772. The zero-order chi connectivity index (χ0) is 13.1. The van der Waals surface area contributed by atoms with Crippen molar-refractivity contribution in [2.75, 3.05) is 10.6 Å². The first-order valence-corrected chi connectivity index (χ1v) is 6.24. The molecule has 0 atom stereocenters. The third-order valence-corrected chi connectivity index (χ3v) is 2.90. The van der Waals surface area contributed by atoms with Crippen LogP contribution in [0.15, 0.2) is 30.5 Å². The fraction of sp³-hybridized carbons (Fsp3) is 0.0909. The van der Waals surface area contributed by atoms with Crippen LogP contribution in [-0.4, -0.2) is 14.9 Å². The van der Waals surface area contributed by atoms with Gasteiger partial charge in [0.2, 0.25) is 0 Å². The Bertz CT molecular complexity index is 582. The van der Waals surface area contributed by atoms with Gasteiger partial charge in [-0.25, -0.2) is 0 Å². The number of aromatic nitrogens is 2. The van der Waals surface area contributed by atoms with Crippen LogP contribution in [0.3, 0.4) is 0 Å². The van der Waals surface area contributed by atoms with Gasteiger partial charge in [-0.05, 0) is 30.4 Å². The van der Waals surface area contributed by atoms with E-state index in [4.69, 9.17) is 35.4 Å². The molecule has 2 rings (SSSR count). The van der Waals surface area contributed by atoms with Crippen molar-refractivity contribution in [3.63, 3.8) is 0 Å². The molecule has 0 saturated heterocycles. The van der Waals surface area contributed by atoms with Crippen LogP contribution in [0.2, 0.25) is 10.0 Å². The molecule has 0 aliphatic rings. The van der Waals surface area contributed by atoms with E-state index in [1.54, 1.807) is 22.9 Å². The summed E-state index contributed by atoms with van der Waals surface area (Å²) in [4.78, 5) is 0. The summed E-state index contributed by atoms with van der Waals surface area (Å²) >= 11 is 17.1. The Morgan fingerprint density at radius 1 is 1.28 bits per heavy atom. The van der Waals surface area contributed by atoms with Crippen molar-refractivity contribution in [2.24, 2.45) is 7.05 Å². The number of nitrogens with zero attached hydrogens (tertiary/aromatic N) is 2. The minimum absolute atomic E-state index is 0.401. The molecule has 0 fully saturated rings. The van der Waals surface area contributed by atoms with Crippen LogP contribution < -0.4 is 10.6 Å². The van der Waals surface area contributed by atoms with E-state index in [1.165, 1.54) is 0 Å². The third kappa shape index (κ3) is 3.35. The summed E-state index contributed by atoms with van der Waals surface area (Å²) < 4.78 is 1.68. The molecule has 1 aromatic heterocycles. The first-order valence-electron chi connectivity index (χ1n) is 5.07. The molecule has 1 aromatic carbocycles. The lowest BCUT2D eigenvalue weighted by Gasteiger charge is -2.10. The molecule has 7 heteroatoms. The fourth-order valence-corrected chi connectivity index (χ4v) is 1.90. The highest BCUT2D eigenvalue weighted by Crippen LogP contribution is 2.25. The van der Waals surface area contributed by atoms with E-state index in [2.05, 4.69) is 15.7 Å². The normalized spacial score (nSPS) is 10.2. The molecular formula is C11H10Cl2N4S. The second kappa shape index (κ2) is 5.56. The molecule has 1 heterocycles. The summed E-state index contributed by atoms with van der Waals surface area (Å²) in [7, 11) is 1.83. The van der Waals surface area contributed by atoms with Crippen LogP contribution in [0.4, 0.5) is 11.5 Å². The molecule has 2 aromatic rings. The maximum atomic E-state index is 6.02. The number of aryl methyl sites for hydroxylation is 1. The lowest BCUT2D eigenvalue weighted by atomic mass is 10.3. The smallest absolute Gasteiger partial charge is 0.176 e. The summed E-state index contributed by atoms with van der Waals surface area (Å²) in [6.45, 7) is 0. The lowest BCUT2D eigenvalue weighted by Crippen LogP contribution is -2.19. The standard InChI is InChI=1S/C11H10Cl2N4S/c1-17-5-4-10(16-17)15-11(18)14-9-6-7(12)2-3-8(9)13/h2-6H,1H3,(H2,14,15,16,18). The van der Waals surface area contributed by atoms with Crippen molar-refractivity contribution >= 4 is 52.0 Å². The molecule has 0 amide bonds. The van der Waals surface area contributed by atoms with Crippen LogP contribution in [0.5, 0.6) is 0 Å². The largest absolute Gasteiger partial charge is 0.331 e. The van der Waals surface area contributed by atoms with E-state index in [1.807, 2.05) is 19.3 Å². The highest BCUT2D eigenvalue weighted by atomic mass is 35.5. The molecule has 0 spiro atoms. The first-order chi connectivity index (χ1) is 8.54. The minimum atomic E-state index is 0.401. The third-order valence-electron chi connectivity index (χ3n) is 2.13. The quantitative estimate of drug-likeness (QED) is 0.833.